The van der Waals surface area contributed by atoms with Crippen LogP contribution in [0.4, 0.5) is 17.1 Å². The van der Waals surface area contributed by atoms with Gasteiger partial charge in [-0.2, -0.15) is 0 Å². The van der Waals surface area contributed by atoms with Crippen LogP contribution in [-0.2, 0) is 0 Å². The Morgan fingerprint density at radius 3 is 1.76 bits per heavy atom. The van der Waals surface area contributed by atoms with E-state index in [9.17, 15) is 0 Å². The molecule has 0 amide bonds. The van der Waals surface area contributed by atoms with Crippen molar-refractivity contribution in [2.24, 2.45) is 0 Å². The number of nitrogens with zero attached hydrogens (tertiary/aromatic N) is 1. The molecule has 0 saturated carbocycles. The molecular weight excluding hydrogens is 607 g/mol. The Kier molecular flexibility index (Phi) is 6.53. The van der Waals surface area contributed by atoms with Crippen molar-refractivity contribution >= 4 is 71.3 Å². The minimum Gasteiger partial charge on any atom is -0.455 e. The lowest BCUT2D eigenvalue weighted by Crippen LogP contribution is -2.12. The lowest BCUT2D eigenvalue weighted by molar-refractivity contribution is 0.670. The maximum Gasteiger partial charge on any atom is 0.143 e. The molecule has 0 saturated heterocycles. The van der Waals surface area contributed by atoms with Gasteiger partial charge in [-0.05, 0) is 74.5 Å². The summed E-state index contributed by atoms with van der Waals surface area (Å²) in [6, 6.07) is 67.5. The Morgan fingerprint density at radius 2 is 0.900 bits per heavy atom. The van der Waals surface area contributed by atoms with E-state index in [0.717, 1.165) is 50.1 Å². The highest BCUT2D eigenvalue weighted by atomic mass is 16.3. The van der Waals surface area contributed by atoms with Crippen LogP contribution in [0.25, 0.3) is 76.5 Å². The second-order valence-corrected chi connectivity index (χ2v) is 12.9. The van der Waals surface area contributed by atoms with Crippen molar-refractivity contribution in [1.82, 2.24) is 0 Å². The number of hydrogen-bond acceptors (Lipinski definition) is 2. The molecule has 1 heterocycles. The minimum atomic E-state index is 0.896. The van der Waals surface area contributed by atoms with E-state index in [1.807, 2.05) is 0 Å². The lowest BCUT2D eigenvalue weighted by atomic mass is 9.96. The average molecular weight is 638 g/mol. The molecule has 0 unspecified atom stereocenters. The summed E-state index contributed by atoms with van der Waals surface area (Å²) < 4.78 is 6.76. The predicted molar refractivity (Wildman–Crippen MR) is 212 cm³/mol. The van der Waals surface area contributed by atoms with Gasteiger partial charge in [-0.25, -0.2) is 0 Å². The van der Waals surface area contributed by atoms with Crippen LogP contribution >= 0.6 is 0 Å². The normalized spacial score (nSPS) is 11.6. The van der Waals surface area contributed by atoms with Gasteiger partial charge in [-0.1, -0.05) is 152 Å². The van der Waals surface area contributed by atoms with Crippen LogP contribution in [0, 0.1) is 0 Å². The summed E-state index contributed by atoms with van der Waals surface area (Å²) >= 11 is 0. The molecule has 0 aliphatic heterocycles. The standard InChI is InChI=1S/C48H31NO/c1-2-16-35-31-47-44(30-34(35)15-1)43-26-12-25-42(48(43)50-47)41-23-7-8-27-46(41)49(45-28-11-18-33-14-4-6-22-40(33)45)37-20-9-19-36(29-37)39-24-10-17-32-13-3-5-21-38(32)39/h1-31H. The molecule has 2 nitrogen and oxygen atoms in total. The third-order valence-electron chi connectivity index (χ3n) is 10.0. The molecule has 0 spiro atoms. The van der Waals surface area contributed by atoms with Crippen LogP contribution in [-0.4, -0.2) is 0 Å². The monoisotopic (exact) mass is 637 g/mol. The third kappa shape index (κ3) is 4.57. The Bertz CT molecular complexity index is 2890. The Morgan fingerprint density at radius 1 is 0.340 bits per heavy atom. The van der Waals surface area contributed by atoms with E-state index >= 15 is 0 Å². The second kappa shape index (κ2) is 11.5. The van der Waals surface area contributed by atoms with Gasteiger partial charge >= 0.3 is 0 Å². The summed E-state index contributed by atoms with van der Waals surface area (Å²) in [4.78, 5) is 2.42. The highest BCUT2D eigenvalue weighted by Gasteiger charge is 2.22. The van der Waals surface area contributed by atoms with E-state index in [0.29, 0.717) is 0 Å². The number of anilines is 3. The summed E-state index contributed by atoms with van der Waals surface area (Å²) in [5.74, 6) is 0. The minimum absolute atomic E-state index is 0.896. The second-order valence-electron chi connectivity index (χ2n) is 12.9. The molecule has 0 fully saturated rings. The fraction of sp³-hybridized carbons (Fsp3) is 0. The van der Waals surface area contributed by atoms with Gasteiger partial charge in [-0.15, -0.1) is 0 Å². The molecule has 0 N–H and O–H groups in total. The quantitative estimate of drug-likeness (QED) is 0.187. The zero-order valence-electron chi connectivity index (χ0n) is 27.3. The summed E-state index contributed by atoms with van der Waals surface area (Å²) in [7, 11) is 0. The van der Waals surface area contributed by atoms with Crippen LogP contribution in [0.5, 0.6) is 0 Å². The van der Waals surface area contributed by atoms with Crippen molar-refractivity contribution in [2.45, 2.75) is 0 Å². The highest BCUT2D eigenvalue weighted by Crippen LogP contribution is 2.46. The molecule has 234 valence electrons. The van der Waals surface area contributed by atoms with E-state index in [2.05, 4.69) is 193 Å². The van der Waals surface area contributed by atoms with Gasteiger partial charge in [-0.3, -0.25) is 0 Å². The fourth-order valence-electron chi connectivity index (χ4n) is 7.69. The number of furan rings is 1. The van der Waals surface area contributed by atoms with Gasteiger partial charge in [0.05, 0.1) is 11.4 Å². The van der Waals surface area contributed by atoms with Crippen LogP contribution in [0.1, 0.15) is 0 Å². The summed E-state index contributed by atoms with van der Waals surface area (Å²) in [5, 5.41) is 9.50. The van der Waals surface area contributed by atoms with Crippen molar-refractivity contribution in [3.63, 3.8) is 0 Å². The Labute approximate surface area is 290 Å². The van der Waals surface area contributed by atoms with Gasteiger partial charge in [0.15, 0.2) is 0 Å². The zero-order chi connectivity index (χ0) is 33.0. The summed E-state index contributed by atoms with van der Waals surface area (Å²) in [5.41, 5.74) is 9.64. The summed E-state index contributed by atoms with van der Waals surface area (Å²) in [6.45, 7) is 0. The van der Waals surface area contributed by atoms with Crippen molar-refractivity contribution in [1.29, 1.82) is 0 Å². The number of fused-ring (bicyclic) bond motifs is 6. The van der Waals surface area contributed by atoms with Crippen molar-refractivity contribution in [2.75, 3.05) is 4.90 Å². The van der Waals surface area contributed by atoms with Crippen molar-refractivity contribution in [3.8, 4) is 22.3 Å². The van der Waals surface area contributed by atoms with Crippen LogP contribution < -0.4 is 4.90 Å². The SMILES string of the molecule is c1cc(-c2cccc3ccccc23)cc(N(c2ccccc2-c2cccc3c2oc2cc4ccccc4cc23)c2cccc3ccccc23)c1. The number of benzene rings is 9. The Balaban J connectivity index is 1.23. The smallest absolute Gasteiger partial charge is 0.143 e. The van der Waals surface area contributed by atoms with Crippen LogP contribution in [0.3, 0.4) is 0 Å². The topological polar surface area (TPSA) is 16.4 Å². The van der Waals surface area contributed by atoms with Gasteiger partial charge in [0, 0.05) is 33.0 Å². The first-order valence-corrected chi connectivity index (χ1v) is 17.1. The van der Waals surface area contributed by atoms with Crippen molar-refractivity contribution in [3.05, 3.63) is 188 Å². The highest BCUT2D eigenvalue weighted by molar-refractivity contribution is 6.14. The molecule has 10 rings (SSSR count). The number of para-hydroxylation sites is 2. The molecule has 2 heteroatoms. The zero-order valence-corrected chi connectivity index (χ0v) is 27.3. The first-order chi connectivity index (χ1) is 24.8. The first-order valence-electron chi connectivity index (χ1n) is 17.1. The van der Waals surface area contributed by atoms with Gasteiger partial charge in [0.2, 0.25) is 0 Å². The van der Waals surface area contributed by atoms with E-state index in [4.69, 9.17) is 4.42 Å². The molecule has 0 radical (unpaired) electrons. The largest absolute Gasteiger partial charge is 0.455 e. The maximum absolute atomic E-state index is 6.76. The number of rotatable bonds is 5. The molecule has 50 heavy (non-hydrogen) atoms. The molecular formula is C48H31NO. The van der Waals surface area contributed by atoms with Crippen molar-refractivity contribution < 1.29 is 4.42 Å². The lowest BCUT2D eigenvalue weighted by Gasteiger charge is -2.29. The average Bonchev–Trinajstić information content (AvgIpc) is 3.55. The fourth-order valence-corrected chi connectivity index (χ4v) is 7.69. The number of hydrogen-bond donors (Lipinski definition) is 0. The molecule has 0 atom stereocenters. The van der Waals surface area contributed by atoms with Gasteiger partial charge in [0.25, 0.3) is 0 Å². The van der Waals surface area contributed by atoms with Crippen LogP contribution in [0.15, 0.2) is 192 Å². The molecule has 0 bridgehead atoms. The molecule has 0 aliphatic carbocycles. The molecule has 10 aromatic rings. The van der Waals surface area contributed by atoms with Crippen LogP contribution in [0.2, 0.25) is 0 Å². The molecule has 0 aliphatic rings. The van der Waals surface area contributed by atoms with Gasteiger partial charge < -0.3 is 9.32 Å². The first kappa shape index (κ1) is 28.4. The Hall–Kier alpha value is -6.64. The van der Waals surface area contributed by atoms with E-state index in [1.54, 1.807) is 0 Å². The van der Waals surface area contributed by atoms with E-state index in [-0.39, 0.29) is 0 Å². The third-order valence-corrected chi connectivity index (χ3v) is 10.0. The maximum atomic E-state index is 6.76. The van der Waals surface area contributed by atoms with E-state index < -0.39 is 0 Å². The molecule has 1 aromatic heterocycles. The summed E-state index contributed by atoms with van der Waals surface area (Å²) in [6.07, 6.45) is 0. The molecule has 9 aromatic carbocycles. The van der Waals surface area contributed by atoms with E-state index in [1.165, 1.54) is 43.4 Å². The predicted octanol–water partition coefficient (Wildman–Crippen LogP) is 13.8. The van der Waals surface area contributed by atoms with Gasteiger partial charge in [0.1, 0.15) is 11.2 Å².